The Balaban J connectivity index is 1.27. The van der Waals surface area contributed by atoms with Crippen molar-refractivity contribution >= 4 is 64.1 Å². The third kappa shape index (κ3) is 4.94. The van der Waals surface area contributed by atoms with E-state index in [0.717, 1.165) is 69.7 Å². The molecule has 0 fully saturated rings. The fraction of sp³-hybridized carbons (Fsp3) is 0. The summed E-state index contributed by atoms with van der Waals surface area (Å²) in [4.78, 5) is 14.9. The smallest absolute Gasteiger partial charge is 0.165 e. The van der Waals surface area contributed by atoms with Crippen LogP contribution in [0.4, 0.5) is 0 Å². The summed E-state index contributed by atoms with van der Waals surface area (Å²) in [6.07, 6.45) is 0. The second-order valence-corrected chi connectivity index (χ2v) is 14.3. The van der Waals surface area contributed by atoms with Gasteiger partial charge >= 0.3 is 0 Å². The lowest BCUT2D eigenvalue weighted by atomic mass is 9.96. The summed E-state index contributed by atoms with van der Waals surface area (Å²) in [5.74, 6) is 0.650. The van der Waals surface area contributed by atoms with Crippen molar-refractivity contribution in [2.75, 3.05) is 0 Å². The minimum absolute atomic E-state index is 0.000710. The summed E-state index contributed by atoms with van der Waals surface area (Å²) in [5, 5.41) is 6.73. The van der Waals surface area contributed by atoms with Crippen LogP contribution >= 0.6 is 11.3 Å². The van der Waals surface area contributed by atoms with E-state index in [9.17, 15) is 0 Å². The minimum atomic E-state index is -0.477. The molecule has 11 aromatic rings. The van der Waals surface area contributed by atoms with Crippen LogP contribution in [0.2, 0.25) is 0 Å². The molecule has 3 heterocycles. The molecule has 252 valence electrons. The quantitative estimate of drug-likeness (QED) is 0.178. The molecule has 0 saturated heterocycles. The number of fused-ring (bicyclic) bond motifs is 7. The van der Waals surface area contributed by atoms with Gasteiger partial charge in [-0.05, 0) is 58.3 Å². The first kappa shape index (κ1) is 25.9. The van der Waals surface area contributed by atoms with E-state index in [1.54, 1.807) is 11.3 Å². The van der Waals surface area contributed by atoms with Crippen LogP contribution in [-0.2, 0) is 0 Å². The number of hydrogen-bond acceptors (Lipinski definition) is 4. The SMILES string of the molecule is [2H]c1c([2H])c([2H])c(-c2nc(-c3ccccc3)nc(-c3cc(-n4c5ccccc5c5ccccc54)cc4c3sc3cccc(-c5ccc6ccccc6c5)c34)n2)c([2H])c1[2H]. The summed E-state index contributed by atoms with van der Waals surface area (Å²) in [5.41, 5.74) is 6.57. The number of aromatic nitrogens is 4. The summed E-state index contributed by atoms with van der Waals surface area (Å²) < 4.78 is 47.4. The van der Waals surface area contributed by atoms with Gasteiger partial charge in [0.2, 0.25) is 0 Å². The van der Waals surface area contributed by atoms with E-state index in [2.05, 4.69) is 126 Å². The average molecular weight is 712 g/mol. The second-order valence-electron chi connectivity index (χ2n) is 13.3. The van der Waals surface area contributed by atoms with E-state index in [0.29, 0.717) is 17.2 Å². The molecule has 0 atom stereocenters. The summed E-state index contributed by atoms with van der Waals surface area (Å²) in [6.45, 7) is 0. The summed E-state index contributed by atoms with van der Waals surface area (Å²) >= 11 is 1.66. The lowest BCUT2D eigenvalue weighted by Gasteiger charge is -2.13. The van der Waals surface area contributed by atoms with Gasteiger partial charge in [0.15, 0.2) is 17.5 Å². The maximum atomic E-state index is 8.89. The molecule has 0 aliphatic rings. The lowest BCUT2D eigenvalue weighted by molar-refractivity contribution is 1.07. The highest BCUT2D eigenvalue weighted by molar-refractivity contribution is 7.26. The molecule has 0 saturated carbocycles. The molecule has 11 rings (SSSR count). The Kier molecular flexibility index (Phi) is 5.92. The van der Waals surface area contributed by atoms with Gasteiger partial charge in [-0.1, -0.05) is 145 Å². The lowest BCUT2D eigenvalue weighted by Crippen LogP contribution is -2.01. The first-order chi connectivity index (χ1) is 28.8. The largest absolute Gasteiger partial charge is 0.309 e. The molecule has 0 spiro atoms. The molecule has 8 aromatic carbocycles. The van der Waals surface area contributed by atoms with E-state index < -0.39 is 18.1 Å². The molecule has 0 aliphatic heterocycles. The third-order valence-electron chi connectivity index (χ3n) is 10.1. The highest BCUT2D eigenvalue weighted by Crippen LogP contribution is 2.46. The Morgan fingerprint density at radius 1 is 0.463 bits per heavy atom. The van der Waals surface area contributed by atoms with Gasteiger partial charge in [0, 0.05) is 53.3 Å². The molecule has 3 aromatic heterocycles. The average Bonchev–Trinajstić information content (AvgIpc) is 3.83. The van der Waals surface area contributed by atoms with Crippen LogP contribution in [0.1, 0.15) is 6.85 Å². The van der Waals surface area contributed by atoms with Crippen molar-refractivity contribution in [3.05, 3.63) is 182 Å². The zero-order chi connectivity index (χ0) is 39.9. The molecule has 54 heavy (non-hydrogen) atoms. The monoisotopic (exact) mass is 711 g/mol. The van der Waals surface area contributed by atoms with Crippen molar-refractivity contribution in [2.24, 2.45) is 0 Å². The number of benzene rings is 8. The van der Waals surface area contributed by atoms with Crippen LogP contribution in [0, 0.1) is 0 Å². The van der Waals surface area contributed by atoms with Gasteiger partial charge in [0.25, 0.3) is 0 Å². The third-order valence-corrected chi connectivity index (χ3v) is 11.3. The summed E-state index contributed by atoms with van der Waals surface area (Å²) in [7, 11) is 0. The molecular formula is C49H30N4S. The highest BCUT2D eigenvalue weighted by Gasteiger charge is 2.22. The number of rotatable bonds is 5. The van der Waals surface area contributed by atoms with E-state index in [-0.39, 0.29) is 23.5 Å². The number of nitrogens with zero attached hydrogens (tertiary/aromatic N) is 4. The maximum absolute atomic E-state index is 8.89. The van der Waals surface area contributed by atoms with Crippen molar-refractivity contribution < 1.29 is 6.85 Å². The Morgan fingerprint density at radius 2 is 1.13 bits per heavy atom. The van der Waals surface area contributed by atoms with Crippen LogP contribution in [0.25, 0.3) is 104 Å². The van der Waals surface area contributed by atoms with Crippen molar-refractivity contribution in [2.45, 2.75) is 0 Å². The van der Waals surface area contributed by atoms with Crippen LogP contribution in [0.5, 0.6) is 0 Å². The minimum Gasteiger partial charge on any atom is -0.309 e. The van der Waals surface area contributed by atoms with E-state index in [1.807, 2.05) is 30.3 Å². The molecule has 0 aliphatic carbocycles. The normalized spacial score (nSPS) is 13.0. The standard InChI is InChI=1S/C49H30N4S/c1-3-15-32(16-4-1)47-50-48(33-17-5-2-6-18-33)52-49(51-47)41-30-36(53-42-23-11-9-20-38(42)39-21-10-12-24-43(39)53)29-40-45-37(22-13-25-44(45)54-46(40)41)35-27-26-31-14-7-8-19-34(31)28-35/h1-30H/i1D,3D,4D,15D,16D. The van der Waals surface area contributed by atoms with Crippen molar-refractivity contribution in [3.63, 3.8) is 0 Å². The van der Waals surface area contributed by atoms with Crippen LogP contribution in [-0.4, -0.2) is 19.5 Å². The van der Waals surface area contributed by atoms with Crippen molar-refractivity contribution in [1.82, 2.24) is 19.5 Å². The van der Waals surface area contributed by atoms with Gasteiger partial charge < -0.3 is 4.57 Å². The first-order valence-electron chi connectivity index (χ1n) is 20.2. The Bertz CT molecular complexity index is 3440. The molecular weight excluding hydrogens is 677 g/mol. The number of para-hydroxylation sites is 2. The van der Waals surface area contributed by atoms with Crippen LogP contribution in [0.3, 0.4) is 0 Å². The van der Waals surface area contributed by atoms with Crippen molar-refractivity contribution in [1.29, 1.82) is 0 Å². The van der Waals surface area contributed by atoms with Crippen LogP contribution in [0.15, 0.2) is 182 Å². The molecule has 0 bridgehead atoms. The Labute approximate surface area is 322 Å². The fourth-order valence-corrected chi connectivity index (χ4v) is 8.91. The number of hydrogen-bond donors (Lipinski definition) is 0. The predicted molar refractivity (Wildman–Crippen MR) is 226 cm³/mol. The zero-order valence-electron chi connectivity index (χ0n) is 33.6. The molecule has 0 unspecified atom stereocenters. The highest BCUT2D eigenvalue weighted by atomic mass is 32.1. The molecule has 0 N–H and O–H groups in total. The second kappa shape index (κ2) is 12.3. The maximum Gasteiger partial charge on any atom is 0.165 e. The van der Waals surface area contributed by atoms with Gasteiger partial charge in [0.05, 0.1) is 17.9 Å². The first-order valence-corrected chi connectivity index (χ1v) is 18.5. The fourth-order valence-electron chi connectivity index (χ4n) is 7.69. The summed E-state index contributed by atoms with van der Waals surface area (Å²) in [6, 6.07) is 49.9. The molecule has 0 radical (unpaired) electrons. The van der Waals surface area contributed by atoms with E-state index in [4.69, 9.17) is 21.8 Å². The van der Waals surface area contributed by atoms with Gasteiger partial charge in [-0.15, -0.1) is 11.3 Å². The zero-order valence-corrected chi connectivity index (χ0v) is 29.4. The van der Waals surface area contributed by atoms with Gasteiger partial charge in [0.1, 0.15) is 0 Å². The van der Waals surface area contributed by atoms with Gasteiger partial charge in [-0.3, -0.25) is 0 Å². The van der Waals surface area contributed by atoms with E-state index >= 15 is 0 Å². The van der Waals surface area contributed by atoms with Gasteiger partial charge in [-0.2, -0.15) is 0 Å². The predicted octanol–water partition coefficient (Wildman–Crippen LogP) is 13.2. The van der Waals surface area contributed by atoms with Crippen LogP contribution < -0.4 is 0 Å². The van der Waals surface area contributed by atoms with E-state index in [1.165, 1.54) is 5.39 Å². The van der Waals surface area contributed by atoms with Crippen molar-refractivity contribution in [3.8, 4) is 51.0 Å². The number of thiophene rings is 1. The topological polar surface area (TPSA) is 43.6 Å². The Morgan fingerprint density at radius 3 is 1.91 bits per heavy atom. The van der Waals surface area contributed by atoms with Gasteiger partial charge in [-0.25, -0.2) is 15.0 Å². The molecule has 4 nitrogen and oxygen atoms in total. The Hall–Kier alpha value is -6.95. The molecule has 5 heteroatoms. The molecule has 0 amide bonds.